The van der Waals surface area contributed by atoms with Crippen molar-refractivity contribution in [2.45, 2.75) is 45.8 Å². The van der Waals surface area contributed by atoms with Crippen LogP contribution in [0.2, 0.25) is 0 Å². The lowest BCUT2D eigenvalue weighted by molar-refractivity contribution is -0.144. The van der Waals surface area contributed by atoms with E-state index in [9.17, 15) is 9.59 Å². The van der Waals surface area contributed by atoms with Crippen LogP contribution in [-0.4, -0.2) is 35.7 Å². The number of hydrogen-bond donors (Lipinski definition) is 0. The summed E-state index contributed by atoms with van der Waals surface area (Å²) in [6.07, 6.45) is 2.54. The van der Waals surface area contributed by atoms with E-state index in [0.717, 1.165) is 11.1 Å². The fourth-order valence-corrected chi connectivity index (χ4v) is 2.34. The molecule has 0 N–H and O–H groups in total. The molecule has 130 valence electrons. The van der Waals surface area contributed by atoms with Gasteiger partial charge in [0, 0.05) is 13.1 Å². The van der Waals surface area contributed by atoms with Crippen molar-refractivity contribution in [1.82, 2.24) is 4.90 Å². The average molecular weight is 331 g/mol. The average Bonchev–Trinajstić information content (AvgIpc) is 2.53. The molecule has 0 bridgehead atoms. The lowest BCUT2D eigenvalue weighted by Crippen LogP contribution is -2.39. The normalized spacial score (nSPS) is 14.8. The van der Waals surface area contributed by atoms with Crippen molar-refractivity contribution >= 4 is 12.1 Å². The van der Waals surface area contributed by atoms with Crippen molar-refractivity contribution in [3.05, 3.63) is 47.5 Å². The van der Waals surface area contributed by atoms with Gasteiger partial charge in [0.2, 0.25) is 0 Å². The topological polar surface area (TPSA) is 55.8 Å². The zero-order chi connectivity index (χ0) is 17.6. The molecule has 0 saturated heterocycles. The number of carbonyl (C=O) groups excluding carboxylic acids is 2. The molecular formula is C19H25NO4. The van der Waals surface area contributed by atoms with Gasteiger partial charge in [-0.25, -0.2) is 4.79 Å². The van der Waals surface area contributed by atoms with Gasteiger partial charge < -0.3 is 14.4 Å². The third-order valence-corrected chi connectivity index (χ3v) is 3.57. The van der Waals surface area contributed by atoms with Crippen LogP contribution in [0.3, 0.4) is 0 Å². The maximum atomic E-state index is 12.0. The Labute approximate surface area is 143 Å². The Hall–Kier alpha value is -2.30. The first-order chi connectivity index (χ1) is 11.3. The molecular weight excluding hydrogens is 306 g/mol. The van der Waals surface area contributed by atoms with E-state index in [4.69, 9.17) is 9.47 Å². The zero-order valence-corrected chi connectivity index (χ0v) is 14.6. The van der Waals surface area contributed by atoms with E-state index in [2.05, 4.69) is 0 Å². The Morgan fingerprint density at radius 2 is 1.88 bits per heavy atom. The Kier molecular flexibility index (Phi) is 6.01. The van der Waals surface area contributed by atoms with Crippen molar-refractivity contribution in [3.8, 4) is 0 Å². The van der Waals surface area contributed by atoms with Gasteiger partial charge in [0.15, 0.2) is 0 Å². The van der Waals surface area contributed by atoms with Crippen LogP contribution < -0.4 is 0 Å². The second kappa shape index (κ2) is 7.99. The molecule has 0 saturated carbocycles. The molecule has 1 aliphatic heterocycles. The summed E-state index contributed by atoms with van der Waals surface area (Å²) in [5.74, 6) is -0.240. The van der Waals surface area contributed by atoms with E-state index >= 15 is 0 Å². The molecule has 1 heterocycles. The largest absolute Gasteiger partial charge is 0.461 e. The molecule has 24 heavy (non-hydrogen) atoms. The van der Waals surface area contributed by atoms with Crippen LogP contribution in [0.1, 0.15) is 39.2 Å². The van der Waals surface area contributed by atoms with E-state index in [1.165, 1.54) is 0 Å². The maximum absolute atomic E-state index is 12.0. The Morgan fingerprint density at radius 3 is 2.46 bits per heavy atom. The minimum Gasteiger partial charge on any atom is -0.461 e. The Morgan fingerprint density at radius 1 is 1.17 bits per heavy atom. The van der Waals surface area contributed by atoms with Gasteiger partial charge in [-0.05, 0) is 32.8 Å². The molecule has 0 aliphatic carbocycles. The summed E-state index contributed by atoms with van der Waals surface area (Å²) in [6.45, 7) is 6.86. The fraction of sp³-hybridized carbons (Fsp3) is 0.474. The van der Waals surface area contributed by atoms with Gasteiger partial charge in [-0.15, -0.1) is 0 Å². The Bertz CT molecular complexity index is 602. The third-order valence-electron chi connectivity index (χ3n) is 3.57. The number of rotatable bonds is 4. The highest BCUT2D eigenvalue weighted by molar-refractivity contribution is 5.73. The molecule has 1 aliphatic rings. The van der Waals surface area contributed by atoms with Crippen LogP contribution in [0.5, 0.6) is 0 Å². The van der Waals surface area contributed by atoms with Crippen LogP contribution in [0.15, 0.2) is 42.0 Å². The van der Waals surface area contributed by atoms with Crippen LogP contribution in [0.25, 0.3) is 0 Å². The summed E-state index contributed by atoms with van der Waals surface area (Å²) in [6, 6.07) is 9.60. The first kappa shape index (κ1) is 18.0. The molecule has 0 spiro atoms. The number of carbonyl (C=O) groups is 2. The van der Waals surface area contributed by atoms with Crippen molar-refractivity contribution in [2.75, 3.05) is 13.1 Å². The number of ether oxygens (including phenoxy) is 2. The second-order valence-electron chi connectivity index (χ2n) is 6.86. The maximum Gasteiger partial charge on any atom is 0.410 e. The van der Waals surface area contributed by atoms with E-state index < -0.39 is 5.60 Å². The number of hydrogen-bond acceptors (Lipinski definition) is 4. The molecule has 0 atom stereocenters. The van der Waals surface area contributed by atoms with Crippen LogP contribution in [-0.2, 0) is 20.9 Å². The number of esters is 1. The minimum absolute atomic E-state index is 0.240. The van der Waals surface area contributed by atoms with Crippen molar-refractivity contribution in [3.63, 3.8) is 0 Å². The highest BCUT2D eigenvalue weighted by Crippen LogP contribution is 2.18. The summed E-state index contributed by atoms with van der Waals surface area (Å²) in [4.78, 5) is 25.5. The first-order valence-electron chi connectivity index (χ1n) is 8.19. The summed E-state index contributed by atoms with van der Waals surface area (Å²) in [7, 11) is 0. The summed E-state index contributed by atoms with van der Waals surface area (Å²) in [5.41, 5.74) is 1.48. The molecule has 5 heteroatoms. The second-order valence-corrected chi connectivity index (χ2v) is 6.86. The predicted octanol–water partition coefficient (Wildman–Crippen LogP) is 3.69. The standard InChI is InChI=1S/C19H25NO4/c1-19(2,3)24-18(22)20-11-9-15(10-12-20)13-17(21)23-14-16-7-5-4-6-8-16/h4-9H,10-14H2,1-3H3. The first-order valence-corrected chi connectivity index (χ1v) is 8.19. The molecule has 1 amide bonds. The number of nitrogens with zero attached hydrogens (tertiary/aromatic N) is 1. The quantitative estimate of drug-likeness (QED) is 0.624. The molecule has 0 radical (unpaired) electrons. The van der Waals surface area contributed by atoms with Gasteiger partial charge in [-0.1, -0.05) is 42.0 Å². The van der Waals surface area contributed by atoms with E-state index in [1.54, 1.807) is 4.90 Å². The van der Waals surface area contributed by atoms with Crippen molar-refractivity contribution in [1.29, 1.82) is 0 Å². The fourth-order valence-electron chi connectivity index (χ4n) is 2.34. The molecule has 0 fully saturated rings. The molecule has 1 aromatic rings. The van der Waals surface area contributed by atoms with Crippen LogP contribution in [0.4, 0.5) is 4.79 Å². The van der Waals surface area contributed by atoms with Gasteiger partial charge >= 0.3 is 12.1 Å². The van der Waals surface area contributed by atoms with E-state index in [0.29, 0.717) is 19.5 Å². The molecule has 0 aromatic heterocycles. The van der Waals surface area contributed by atoms with Crippen LogP contribution in [0, 0.1) is 0 Å². The molecule has 1 aromatic carbocycles. The smallest absolute Gasteiger partial charge is 0.410 e. The highest BCUT2D eigenvalue weighted by Gasteiger charge is 2.24. The lowest BCUT2D eigenvalue weighted by Gasteiger charge is -2.29. The molecule has 5 nitrogen and oxygen atoms in total. The lowest BCUT2D eigenvalue weighted by atomic mass is 10.1. The van der Waals surface area contributed by atoms with Gasteiger partial charge in [0.1, 0.15) is 12.2 Å². The summed E-state index contributed by atoms with van der Waals surface area (Å²) < 4.78 is 10.6. The summed E-state index contributed by atoms with van der Waals surface area (Å²) >= 11 is 0. The van der Waals surface area contributed by atoms with Crippen molar-refractivity contribution in [2.24, 2.45) is 0 Å². The molecule has 0 unspecified atom stereocenters. The number of amides is 1. The number of benzene rings is 1. The van der Waals surface area contributed by atoms with Gasteiger partial charge in [0.05, 0.1) is 6.42 Å². The van der Waals surface area contributed by atoms with Crippen molar-refractivity contribution < 1.29 is 19.1 Å². The summed E-state index contributed by atoms with van der Waals surface area (Å²) in [5, 5.41) is 0. The molecule has 2 rings (SSSR count). The SMILES string of the molecule is CC(C)(C)OC(=O)N1CC=C(CC(=O)OCc2ccccc2)CC1. The van der Waals surface area contributed by atoms with Crippen LogP contribution >= 0.6 is 0 Å². The minimum atomic E-state index is -0.498. The van der Waals surface area contributed by atoms with E-state index in [-0.39, 0.29) is 25.1 Å². The predicted molar refractivity (Wildman–Crippen MR) is 91.4 cm³/mol. The van der Waals surface area contributed by atoms with Gasteiger partial charge in [0.25, 0.3) is 0 Å². The monoisotopic (exact) mass is 331 g/mol. The third kappa shape index (κ3) is 6.07. The zero-order valence-electron chi connectivity index (χ0n) is 14.6. The van der Waals surface area contributed by atoms with E-state index in [1.807, 2.05) is 57.2 Å². The van der Waals surface area contributed by atoms with Gasteiger partial charge in [-0.3, -0.25) is 4.79 Å². The van der Waals surface area contributed by atoms with Gasteiger partial charge in [-0.2, -0.15) is 0 Å². The Balaban J connectivity index is 1.76. The highest BCUT2D eigenvalue weighted by atomic mass is 16.6.